The van der Waals surface area contributed by atoms with Gasteiger partial charge < -0.3 is 4.90 Å². The first-order chi connectivity index (χ1) is 8.25. The number of carbonyl (C=O) groups excluding carboxylic acids is 1. The molecule has 0 bridgehead atoms. The van der Waals surface area contributed by atoms with E-state index in [0.717, 1.165) is 6.42 Å². The highest BCUT2D eigenvalue weighted by atomic mass is 32.2. The SMILES string of the molecule is CCCN(C)C(=O)c1cc(C)cc(S(N)(=O)=O)c1. The third-order valence-electron chi connectivity index (χ3n) is 2.53. The maximum atomic E-state index is 12.1. The summed E-state index contributed by atoms with van der Waals surface area (Å²) in [5.41, 5.74) is 1.03. The smallest absolute Gasteiger partial charge is 0.253 e. The number of amides is 1. The predicted molar refractivity (Wildman–Crippen MR) is 69.8 cm³/mol. The molecule has 1 amide bonds. The minimum absolute atomic E-state index is 0.0317. The van der Waals surface area contributed by atoms with Gasteiger partial charge >= 0.3 is 0 Å². The summed E-state index contributed by atoms with van der Waals surface area (Å²) in [4.78, 5) is 13.6. The quantitative estimate of drug-likeness (QED) is 0.890. The zero-order valence-corrected chi connectivity index (χ0v) is 11.6. The molecule has 0 heterocycles. The average Bonchev–Trinajstić information content (AvgIpc) is 2.26. The molecule has 18 heavy (non-hydrogen) atoms. The Kier molecular flexibility index (Phi) is 4.48. The topological polar surface area (TPSA) is 80.5 Å². The monoisotopic (exact) mass is 270 g/mol. The van der Waals surface area contributed by atoms with Crippen molar-refractivity contribution in [2.45, 2.75) is 25.2 Å². The van der Waals surface area contributed by atoms with Gasteiger partial charge in [-0.1, -0.05) is 6.92 Å². The fourth-order valence-corrected chi connectivity index (χ4v) is 2.33. The Morgan fingerprint density at radius 2 is 1.94 bits per heavy atom. The lowest BCUT2D eigenvalue weighted by Gasteiger charge is -2.16. The molecular weight excluding hydrogens is 252 g/mol. The van der Waals surface area contributed by atoms with Gasteiger partial charge in [-0.3, -0.25) is 4.79 Å². The van der Waals surface area contributed by atoms with Crippen molar-refractivity contribution in [3.63, 3.8) is 0 Å². The number of nitrogens with zero attached hydrogens (tertiary/aromatic N) is 1. The van der Waals surface area contributed by atoms with Crippen molar-refractivity contribution in [2.75, 3.05) is 13.6 Å². The van der Waals surface area contributed by atoms with Crippen LogP contribution >= 0.6 is 0 Å². The predicted octanol–water partition coefficient (Wildman–Crippen LogP) is 1.12. The Labute approximate surface area is 108 Å². The molecule has 0 aromatic heterocycles. The number of primary sulfonamides is 1. The second-order valence-corrected chi connectivity index (χ2v) is 5.87. The van der Waals surface area contributed by atoms with Gasteiger partial charge in [0.1, 0.15) is 0 Å². The first-order valence-corrected chi connectivity index (χ1v) is 7.20. The summed E-state index contributed by atoms with van der Waals surface area (Å²) in [5, 5.41) is 5.08. The minimum atomic E-state index is -3.79. The molecule has 6 heteroatoms. The van der Waals surface area contributed by atoms with Crippen LogP contribution in [-0.2, 0) is 10.0 Å². The molecule has 0 saturated carbocycles. The summed E-state index contributed by atoms with van der Waals surface area (Å²) >= 11 is 0. The molecule has 0 aliphatic carbocycles. The van der Waals surface area contributed by atoms with Gasteiger partial charge in [0.05, 0.1) is 4.90 Å². The summed E-state index contributed by atoms with van der Waals surface area (Å²) in [6.07, 6.45) is 0.843. The Hall–Kier alpha value is -1.40. The van der Waals surface area contributed by atoms with E-state index in [1.54, 1.807) is 24.9 Å². The van der Waals surface area contributed by atoms with Crippen LogP contribution in [-0.4, -0.2) is 32.8 Å². The number of hydrogen-bond acceptors (Lipinski definition) is 3. The molecule has 0 aliphatic heterocycles. The third-order valence-corrected chi connectivity index (χ3v) is 3.42. The molecule has 100 valence electrons. The highest BCUT2D eigenvalue weighted by Gasteiger charge is 2.15. The molecule has 1 aromatic rings. The fraction of sp³-hybridized carbons (Fsp3) is 0.417. The molecule has 0 spiro atoms. The van der Waals surface area contributed by atoms with E-state index >= 15 is 0 Å². The van der Waals surface area contributed by atoms with E-state index < -0.39 is 10.0 Å². The molecule has 0 aliphatic rings. The van der Waals surface area contributed by atoms with Crippen LogP contribution in [0.5, 0.6) is 0 Å². The zero-order valence-electron chi connectivity index (χ0n) is 10.8. The summed E-state index contributed by atoms with van der Waals surface area (Å²) in [6, 6.07) is 4.42. The van der Waals surface area contributed by atoms with Gasteiger partial charge in [0, 0.05) is 19.2 Å². The normalized spacial score (nSPS) is 11.3. The van der Waals surface area contributed by atoms with Crippen molar-refractivity contribution in [1.82, 2.24) is 4.90 Å². The van der Waals surface area contributed by atoms with Crippen LogP contribution < -0.4 is 5.14 Å². The Morgan fingerprint density at radius 1 is 1.33 bits per heavy atom. The summed E-state index contributed by atoms with van der Waals surface area (Å²) in [5.74, 6) is -0.203. The number of benzene rings is 1. The molecule has 5 nitrogen and oxygen atoms in total. The van der Waals surface area contributed by atoms with Crippen LogP contribution in [0.4, 0.5) is 0 Å². The molecule has 0 radical (unpaired) electrons. The van der Waals surface area contributed by atoms with Crippen LogP contribution in [0.3, 0.4) is 0 Å². The maximum absolute atomic E-state index is 12.1. The highest BCUT2D eigenvalue weighted by molar-refractivity contribution is 7.89. The summed E-state index contributed by atoms with van der Waals surface area (Å²) in [6.45, 7) is 4.32. The van der Waals surface area contributed by atoms with Crippen molar-refractivity contribution < 1.29 is 13.2 Å². The molecule has 1 rings (SSSR count). The number of sulfonamides is 1. The third kappa shape index (κ3) is 3.54. The van der Waals surface area contributed by atoms with Crippen molar-refractivity contribution in [3.8, 4) is 0 Å². The first-order valence-electron chi connectivity index (χ1n) is 5.65. The average molecular weight is 270 g/mol. The Balaban J connectivity index is 3.19. The Bertz CT molecular complexity index is 552. The minimum Gasteiger partial charge on any atom is -0.342 e. The first kappa shape index (κ1) is 14.7. The lowest BCUT2D eigenvalue weighted by Crippen LogP contribution is -2.27. The second-order valence-electron chi connectivity index (χ2n) is 4.31. The largest absolute Gasteiger partial charge is 0.342 e. The van der Waals surface area contributed by atoms with E-state index in [4.69, 9.17) is 5.14 Å². The molecule has 0 unspecified atom stereocenters. The van der Waals surface area contributed by atoms with Gasteiger partial charge in [-0.2, -0.15) is 0 Å². The number of rotatable bonds is 4. The van der Waals surface area contributed by atoms with Gasteiger partial charge in [-0.25, -0.2) is 13.6 Å². The zero-order chi connectivity index (χ0) is 13.9. The molecular formula is C12H18N2O3S. The molecule has 2 N–H and O–H groups in total. The number of carbonyl (C=O) groups is 1. The van der Waals surface area contributed by atoms with E-state index in [-0.39, 0.29) is 10.8 Å². The lowest BCUT2D eigenvalue weighted by atomic mass is 10.1. The maximum Gasteiger partial charge on any atom is 0.253 e. The van der Waals surface area contributed by atoms with Crippen LogP contribution in [0.15, 0.2) is 23.1 Å². The molecule has 1 aromatic carbocycles. The molecule has 0 saturated heterocycles. The van der Waals surface area contributed by atoms with E-state index in [0.29, 0.717) is 17.7 Å². The fourth-order valence-electron chi connectivity index (χ4n) is 1.69. The van der Waals surface area contributed by atoms with Crippen molar-refractivity contribution in [2.24, 2.45) is 5.14 Å². The molecule has 0 fully saturated rings. The van der Waals surface area contributed by atoms with E-state index in [1.807, 2.05) is 6.92 Å². The number of aryl methyl sites for hydroxylation is 1. The highest BCUT2D eigenvalue weighted by Crippen LogP contribution is 2.15. The Morgan fingerprint density at radius 3 is 2.44 bits per heavy atom. The number of hydrogen-bond donors (Lipinski definition) is 1. The van der Waals surface area contributed by atoms with E-state index in [1.165, 1.54) is 12.1 Å². The second kappa shape index (κ2) is 5.49. The van der Waals surface area contributed by atoms with Gasteiger partial charge in [0.15, 0.2) is 0 Å². The summed E-state index contributed by atoms with van der Waals surface area (Å²) < 4.78 is 22.6. The van der Waals surface area contributed by atoms with Crippen molar-refractivity contribution in [3.05, 3.63) is 29.3 Å². The van der Waals surface area contributed by atoms with E-state index in [2.05, 4.69) is 0 Å². The standard InChI is InChI=1S/C12H18N2O3S/c1-4-5-14(3)12(15)10-6-9(2)7-11(8-10)18(13,16)17/h6-8H,4-5H2,1-3H3,(H2,13,16,17). The lowest BCUT2D eigenvalue weighted by molar-refractivity contribution is 0.0795. The van der Waals surface area contributed by atoms with E-state index in [9.17, 15) is 13.2 Å². The van der Waals surface area contributed by atoms with Gasteiger partial charge in [-0.15, -0.1) is 0 Å². The van der Waals surface area contributed by atoms with Gasteiger partial charge in [0.2, 0.25) is 10.0 Å². The number of nitrogens with two attached hydrogens (primary N) is 1. The van der Waals surface area contributed by atoms with Crippen LogP contribution in [0, 0.1) is 6.92 Å². The van der Waals surface area contributed by atoms with Gasteiger partial charge in [0.25, 0.3) is 5.91 Å². The van der Waals surface area contributed by atoms with Crippen molar-refractivity contribution >= 4 is 15.9 Å². The van der Waals surface area contributed by atoms with Crippen LogP contribution in [0.1, 0.15) is 29.3 Å². The molecule has 0 atom stereocenters. The van der Waals surface area contributed by atoms with Crippen molar-refractivity contribution in [1.29, 1.82) is 0 Å². The van der Waals surface area contributed by atoms with Crippen LogP contribution in [0.2, 0.25) is 0 Å². The van der Waals surface area contributed by atoms with Gasteiger partial charge in [-0.05, 0) is 37.1 Å². The summed E-state index contributed by atoms with van der Waals surface area (Å²) in [7, 11) is -2.10. The van der Waals surface area contributed by atoms with Crippen LogP contribution in [0.25, 0.3) is 0 Å².